The number of rotatable bonds is 5. The van der Waals surface area contributed by atoms with Crippen LogP contribution in [-0.4, -0.2) is 43.1 Å². The molecule has 0 radical (unpaired) electrons. The monoisotopic (exact) mass is 295 g/mol. The molecule has 1 aliphatic rings. The summed E-state index contributed by atoms with van der Waals surface area (Å²) in [5.74, 6) is 1.16. The fourth-order valence-corrected chi connectivity index (χ4v) is 2.13. The number of anilines is 2. The van der Waals surface area contributed by atoms with Crippen molar-refractivity contribution in [1.82, 2.24) is 4.98 Å². The van der Waals surface area contributed by atoms with Crippen LogP contribution in [0.5, 0.6) is 5.88 Å². The van der Waals surface area contributed by atoms with Crippen molar-refractivity contribution in [2.45, 2.75) is 38.4 Å². The lowest BCUT2D eigenvalue weighted by Gasteiger charge is -2.26. The predicted molar refractivity (Wildman–Crippen MR) is 82.7 cm³/mol. The molecule has 0 amide bonds. The van der Waals surface area contributed by atoms with E-state index in [2.05, 4.69) is 10.3 Å². The molecule has 2 rings (SSSR count). The van der Waals surface area contributed by atoms with Gasteiger partial charge in [-0.15, -0.1) is 0 Å². The number of methoxy groups -OCH3 is 1. The smallest absolute Gasteiger partial charge is 0.239 e. The van der Waals surface area contributed by atoms with Gasteiger partial charge in [-0.05, 0) is 32.9 Å². The Bertz CT molecular complexity index is 480. The summed E-state index contributed by atoms with van der Waals surface area (Å²) in [5, 5.41) is 3.28. The lowest BCUT2D eigenvalue weighted by molar-refractivity contribution is -0.00627. The average Bonchev–Trinajstić information content (AvgIpc) is 2.88. The number of aromatic nitrogens is 1. The molecule has 1 unspecified atom stereocenters. The van der Waals surface area contributed by atoms with Gasteiger partial charge in [-0.3, -0.25) is 0 Å². The zero-order chi connectivity index (χ0) is 15.5. The van der Waals surface area contributed by atoms with Gasteiger partial charge in [0.2, 0.25) is 5.88 Å². The third kappa shape index (κ3) is 4.22. The van der Waals surface area contributed by atoms with Crippen LogP contribution in [0.4, 0.5) is 11.5 Å². The molecular formula is C15H25N3O3. The van der Waals surface area contributed by atoms with Gasteiger partial charge in [0.15, 0.2) is 0 Å². The lowest BCUT2D eigenvalue weighted by Crippen LogP contribution is -2.39. The van der Waals surface area contributed by atoms with Gasteiger partial charge in [0.05, 0.1) is 12.3 Å². The maximum absolute atomic E-state index is 5.91. The van der Waals surface area contributed by atoms with Gasteiger partial charge in [-0.25, -0.2) is 0 Å². The number of pyridine rings is 1. The minimum absolute atomic E-state index is 0.284. The zero-order valence-electron chi connectivity index (χ0n) is 13.2. The standard InChI is InChI=1S/C15H25N3O3/c1-14(2,3)21-13-11(16)5-6-12(18-13)17-9-15(19-4)7-8-20-10-15/h5-6H,7-10,16H2,1-4H3,(H,17,18). The van der Waals surface area contributed by atoms with Crippen LogP contribution in [0.1, 0.15) is 27.2 Å². The van der Waals surface area contributed by atoms with E-state index >= 15 is 0 Å². The summed E-state index contributed by atoms with van der Waals surface area (Å²) >= 11 is 0. The molecule has 1 saturated heterocycles. The van der Waals surface area contributed by atoms with E-state index in [0.29, 0.717) is 30.5 Å². The Balaban J connectivity index is 2.05. The third-order valence-corrected chi connectivity index (χ3v) is 3.38. The first-order chi connectivity index (χ1) is 9.84. The minimum atomic E-state index is -0.340. The normalized spacial score (nSPS) is 22.3. The van der Waals surface area contributed by atoms with Crippen molar-refractivity contribution in [2.24, 2.45) is 0 Å². The number of nitrogens with one attached hydrogen (secondary N) is 1. The molecule has 0 saturated carbocycles. The van der Waals surface area contributed by atoms with Crippen molar-refractivity contribution in [3.8, 4) is 5.88 Å². The second-order valence-electron chi connectivity index (χ2n) is 6.35. The van der Waals surface area contributed by atoms with Crippen LogP contribution >= 0.6 is 0 Å². The maximum atomic E-state index is 5.91. The molecule has 1 fully saturated rings. The van der Waals surface area contributed by atoms with Gasteiger partial charge in [-0.1, -0.05) is 0 Å². The van der Waals surface area contributed by atoms with Gasteiger partial charge in [0, 0.05) is 26.7 Å². The molecule has 21 heavy (non-hydrogen) atoms. The van der Waals surface area contributed by atoms with Crippen molar-refractivity contribution >= 4 is 11.5 Å². The van der Waals surface area contributed by atoms with Crippen molar-refractivity contribution in [3.05, 3.63) is 12.1 Å². The summed E-state index contributed by atoms with van der Waals surface area (Å²) in [7, 11) is 1.71. The SMILES string of the molecule is COC1(CNc2ccc(N)c(OC(C)(C)C)n2)CCOC1. The number of hydrogen-bond acceptors (Lipinski definition) is 6. The molecule has 0 spiro atoms. The second kappa shape index (κ2) is 6.07. The topological polar surface area (TPSA) is 78.6 Å². The molecule has 2 heterocycles. The molecular weight excluding hydrogens is 270 g/mol. The molecule has 3 N–H and O–H groups in total. The Hall–Kier alpha value is -1.53. The van der Waals surface area contributed by atoms with Crippen molar-refractivity contribution in [2.75, 3.05) is 37.9 Å². The van der Waals surface area contributed by atoms with Crippen molar-refractivity contribution in [1.29, 1.82) is 0 Å². The van der Waals surface area contributed by atoms with Gasteiger partial charge in [0.1, 0.15) is 17.0 Å². The highest BCUT2D eigenvalue weighted by Crippen LogP contribution is 2.26. The van der Waals surface area contributed by atoms with E-state index in [4.69, 9.17) is 19.9 Å². The van der Waals surface area contributed by atoms with Crippen LogP contribution in [0.3, 0.4) is 0 Å². The van der Waals surface area contributed by atoms with Gasteiger partial charge in [-0.2, -0.15) is 4.98 Å². The predicted octanol–water partition coefficient (Wildman–Crippen LogP) is 2.06. The second-order valence-corrected chi connectivity index (χ2v) is 6.35. The third-order valence-electron chi connectivity index (χ3n) is 3.38. The Morgan fingerprint density at radius 1 is 1.43 bits per heavy atom. The molecule has 1 atom stereocenters. The summed E-state index contributed by atoms with van der Waals surface area (Å²) < 4.78 is 16.8. The Kier molecular flexibility index (Phi) is 4.58. The van der Waals surface area contributed by atoms with Gasteiger partial charge >= 0.3 is 0 Å². The van der Waals surface area contributed by atoms with Gasteiger partial charge < -0.3 is 25.3 Å². The Morgan fingerprint density at radius 3 is 2.76 bits per heavy atom. The first-order valence-corrected chi connectivity index (χ1v) is 7.16. The number of hydrogen-bond donors (Lipinski definition) is 2. The van der Waals surface area contributed by atoms with E-state index in [1.165, 1.54) is 0 Å². The minimum Gasteiger partial charge on any atom is -0.470 e. The highest BCUT2D eigenvalue weighted by molar-refractivity contribution is 5.53. The zero-order valence-corrected chi connectivity index (χ0v) is 13.2. The first kappa shape index (κ1) is 15.9. The molecule has 1 aromatic rings. The quantitative estimate of drug-likeness (QED) is 0.865. The van der Waals surface area contributed by atoms with Crippen molar-refractivity contribution < 1.29 is 14.2 Å². The fourth-order valence-electron chi connectivity index (χ4n) is 2.13. The fraction of sp³-hybridized carbons (Fsp3) is 0.667. The number of nitrogens with two attached hydrogens (primary N) is 1. The molecule has 118 valence electrons. The van der Waals surface area contributed by atoms with E-state index in [-0.39, 0.29) is 11.2 Å². The van der Waals surface area contributed by atoms with E-state index in [9.17, 15) is 0 Å². The highest BCUT2D eigenvalue weighted by atomic mass is 16.5. The summed E-state index contributed by atoms with van der Waals surface area (Å²) in [5.41, 5.74) is 5.81. The van der Waals surface area contributed by atoms with Crippen LogP contribution in [-0.2, 0) is 9.47 Å². The van der Waals surface area contributed by atoms with Crippen molar-refractivity contribution in [3.63, 3.8) is 0 Å². The molecule has 1 aromatic heterocycles. The van der Waals surface area contributed by atoms with Crippen LogP contribution < -0.4 is 15.8 Å². The highest BCUT2D eigenvalue weighted by Gasteiger charge is 2.34. The summed E-state index contributed by atoms with van der Waals surface area (Å²) in [4.78, 5) is 4.43. The summed E-state index contributed by atoms with van der Waals surface area (Å²) in [6.07, 6.45) is 0.872. The van der Waals surface area contributed by atoms with E-state index in [0.717, 1.165) is 13.0 Å². The molecule has 6 nitrogen and oxygen atoms in total. The van der Waals surface area contributed by atoms with Crippen LogP contribution in [0.2, 0.25) is 0 Å². The molecule has 0 aliphatic carbocycles. The molecule has 0 aromatic carbocycles. The summed E-state index contributed by atoms with van der Waals surface area (Å²) in [6.45, 7) is 7.84. The summed E-state index contributed by atoms with van der Waals surface area (Å²) in [6, 6.07) is 3.63. The first-order valence-electron chi connectivity index (χ1n) is 7.16. The van der Waals surface area contributed by atoms with Crippen LogP contribution in [0.15, 0.2) is 12.1 Å². The van der Waals surface area contributed by atoms with E-state index < -0.39 is 0 Å². The lowest BCUT2D eigenvalue weighted by atomic mass is 10.0. The molecule has 6 heteroatoms. The number of nitrogens with zero attached hydrogens (tertiary/aromatic N) is 1. The maximum Gasteiger partial charge on any atom is 0.239 e. The largest absolute Gasteiger partial charge is 0.470 e. The van der Waals surface area contributed by atoms with Crippen LogP contribution in [0, 0.1) is 0 Å². The number of nitrogen functional groups attached to an aromatic ring is 1. The van der Waals surface area contributed by atoms with Gasteiger partial charge in [0.25, 0.3) is 0 Å². The number of ether oxygens (including phenoxy) is 3. The Morgan fingerprint density at radius 2 is 2.19 bits per heavy atom. The van der Waals surface area contributed by atoms with E-state index in [1.54, 1.807) is 13.2 Å². The molecule has 1 aliphatic heterocycles. The van der Waals surface area contributed by atoms with Crippen LogP contribution in [0.25, 0.3) is 0 Å². The van der Waals surface area contributed by atoms with E-state index in [1.807, 2.05) is 26.8 Å². The molecule has 0 bridgehead atoms. The average molecular weight is 295 g/mol. The Labute approximate surface area is 126 Å².